The predicted molar refractivity (Wildman–Crippen MR) is 103 cm³/mol. The molecule has 2 fully saturated rings. The average molecular weight is 403 g/mol. The molecule has 2 aromatic rings. The highest BCUT2D eigenvalue weighted by molar-refractivity contribution is 5.99. The number of hydrogen-bond acceptors (Lipinski definition) is 5. The molecule has 0 unspecified atom stereocenters. The van der Waals surface area contributed by atoms with Crippen LogP contribution < -0.4 is 9.64 Å². The number of piperidine rings is 1. The third kappa shape index (κ3) is 4.48. The highest BCUT2D eigenvalue weighted by Gasteiger charge is 2.28. The molecule has 0 radical (unpaired) electrons. The fourth-order valence-corrected chi connectivity index (χ4v) is 3.69. The summed E-state index contributed by atoms with van der Waals surface area (Å²) >= 11 is 0. The molecule has 1 aromatic carbocycles. The maximum absolute atomic E-state index is 13.8. The van der Waals surface area contributed by atoms with Gasteiger partial charge in [-0.25, -0.2) is 13.8 Å². The van der Waals surface area contributed by atoms with Crippen LogP contribution in [0.5, 0.6) is 5.75 Å². The molecular weight excluding hydrogens is 380 g/mol. The number of rotatable bonds is 4. The van der Waals surface area contributed by atoms with Crippen molar-refractivity contribution in [2.45, 2.75) is 18.9 Å². The summed E-state index contributed by atoms with van der Waals surface area (Å²) in [6.45, 7) is 3.65. The molecule has 2 aliphatic heterocycles. The first-order valence-electron chi connectivity index (χ1n) is 9.80. The topological polar surface area (TPSA) is 54.9 Å². The van der Waals surface area contributed by atoms with Gasteiger partial charge in [-0.1, -0.05) is 0 Å². The molecule has 2 aliphatic rings. The molecule has 154 valence electrons. The van der Waals surface area contributed by atoms with Gasteiger partial charge < -0.3 is 19.3 Å². The Kier molecular flexibility index (Phi) is 5.89. The summed E-state index contributed by atoms with van der Waals surface area (Å²) in [5, 5.41) is 0. The highest BCUT2D eigenvalue weighted by Crippen LogP contribution is 2.25. The first-order chi connectivity index (χ1) is 14.1. The van der Waals surface area contributed by atoms with Crippen LogP contribution in [-0.2, 0) is 4.74 Å². The number of anilines is 1. The maximum atomic E-state index is 13.8. The first-order valence-corrected chi connectivity index (χ1v) is 9.80. The van der Waals surface area contributed by atoms with Crippen LogP contribution in [0.3, 0.4) is 0 Å². The maximum Gasteiger partial charge on any atom is 0.257 e. The molecule has 3 heterocycles. The van der Waals surface area contributed by atoms with Crippen molar-refractivity contribution in [1.29, 1.82) is 0 Å². The fraction of sp³-hybridized carbons (Fsp3) is 0.429. The molecule has 0 bridgehead atoms. The van der Waals surface area contributed by atoms with Crippen LogP contribution in [0, 0.1) is 11.6 Å². The van der Waals surface area contributed by atoms with Crippen molar-refractivity contribution >= 4 is 11.7 Å². The number of carbonyl (C=O) groups excluding carboxylic acids is 1. The molecule has 0 aliphatic carbocycles. The van der Waals surface area contributed by atoms with Gasteiger partial charge in [0.15, 0.2) is 11.6 Å². The van der Waals surface area contributed by atoms with Gasteiger partial charge in [-0.15, -0.1) is 0 Å². The van der Waals surface area contributed by atoms with Crippen LogP contribution in [0.2, 0.25) is 0 Å². The van der Waals surface area contributed by atoms with E-state index in [1.165, 1.54) is 12.1 Å². The molecule has 6 nitrogen and oxygen atoms in total. The smallest absolute Gasteiger partial charge is 0.257 e. The van der Waals surface area contributed by atoms with Gasteiger partial charge in [0.1, 0.15) is 17.7 Å². The second-order valence-corrected chi connectivity index (χ2v) is 7.16. The van der Waals surface area contributed by atoms with Crippen molar-refractivity contribution in [3.63, 3.8) is 0 Å². The number of carbonyl (C=O) groups is 1. The number of ether oxygens (including phenoxy) is 2. The molecule has 4 rings (SSSR count). The lowest BCUT2D eigenvalue weighted by atomic mass is 10.1. The van der Waals surface area contributed by atoms with Gasteiger partial charge in [-0.2, -0.15) is 0 Å². The van der Waals surface area contributed by atoms with E-state index in [2.05, 4.69) is 9.88 Å². The minimum absolute atomic E-state index is 0.0399. The first kappa shape index (κ1) is 19.6. The number of hydrogen-bond donors (Lipinski definition) is 0. The lowest BCUT2D eigenvalue weighted by molar-refractivity contribution is 0.0587. The quantitative estimate of drug-likeness (QED) is 0.786. The fourth-order valence-electron chi connectivity index (χ4n) is 3.69. The number of nitrogens with zero attached hydrogens (tertiary/aromatic N) is 3. The summed E-state index contributed by atoms with van der Waals surface area (Å²) < 4.78 is 37.9. The number of benzene rings is 1. The van der Waals surface area contributed by atoms with Crippen LogP contribution in [0.25, 0.3) is 0 Å². The van der Waals surface area contributed by atoms with Crippen LogP contribution in [-0.4, -0.2) is 61.3 Å². The second kappa shape index (κ2) is 8.73. The molecule has 2 saturated heterocycles. The van der Waals surface area contributed by atoms with E-state index in [1.807, 2.05) is 0 Å². The molecule has 0 spiro atoms. The number of amides is 1. The summed E-state index contributed by atoms with van der Waals surface area (Å²) in [5.74, 6) is -0.687. The van der Waals surface area contributed by atoms with Gasteiger partial charge in [0.05, 0.1) is 18.8 Å². The van der Waals surface area contributed by atoms with Crippen molar-refractivity contribution in [2.24, 2.45) is 0 Å². The van der Waals surface area contributed by atoms with Crippen LogP contribution in [0.1, 0.15) is 23.2 Å². The van der Waals surface area contributed by atoms with E-state index >= 15 is 0 Å². The van der Waals surface area contributed by atoms with E-state index in [0.717, 1.165) is 6.07 Å². The zero-order valence-corrected chi connectivity index (χ0v) is 16.0. The SMILES string of the molecule is O=C(c1cccnc1N1CCOCC1)N1CCC(Oc2ccc(F)cc2F)CC1. The molecular formula is C21H23F2N3O3. The van der Waals surface area contributed by atoms with Crippen molar-refractivity contribution in [3.8, 4) is 5.75 Å². The Labute approximate surface area is 168 Å². The third-order valence-electron chi connectivity index (χ3n) is 5.24. The molecule has 1 aromatic heterocycles. The van der Waals surface area contributed by atoms with Gasteiger partial charge in [-0.3, -0.25) is 4.79 Å². The van der Waals surface area contributed by atoms with Gasteiger partial charge in [0.2, 0.25) is 0 Å². The second-order valence-electron chi connectivity index (χ2n) is 7.16. The van der Waals surface area contributed by atoms with Gasteiger partial charge in [0.25, 0.3) is 5.91 Å². The number of morpholine rings is 1. The Bertz CT molecular complexity index is 866. The summed E-state index contributed by atoms with van der Waals surface area (Å²) in [6.07, 6.45) is 2.64. The van der Waals surface area contributed by atoms with Crippen LogP contribution in [0.15, 0.2) is 36.5 Å². The number of pyridine rings is 1. The molecule has 29 heavy (non-hydrogen) atoms. The minimum atomic E-state index is -0.714. The summed E-state index contributed by atoms with van der Waals surface area (Å²) in [6, 6.07) is 6.85. The molecule has 1 amide bonds. The summed E-state index contributed by atoms with van der Waals surface area (Å²) in [7, 11) is 0. The van der Waals surface area contributed by atoms with Crippen LogP contribution >= 0.6 is 0 Å². The van der Waals surface area contributed by atoms with Crippen molar-refractivity contribution < 1.29 is 23.0 Å². The van der Waals surface area contributed by atoms with E-state index in [9.17, 15) is 13.6 Å². The minimum Gasteiger partial charge on any atom is -0.487 e. The van der Waals surface area contributed by atoms with Crippen molar-refractivity contribution in [2.75, 3.05) is 44.3 Å². The largest absolute Gasteiger partial charge is 0.487 e. The zero-order chi connectivity index (χ0) is 20.2. The Balaban J connectivity index is 1.39. The van der Waals surface area contributed by atoms with Crippen LogP contribution in [0.4, 0.5) is 14.6 Å². The van der Waals surface area contributed by atoms with Gasteiger partial charge in [0, 0.05) is 51.3 Å². The Morgan fingerprint density at radius 1 is 1.10 bits per heavy atom. The molecule has 0 atom stereocenters. The standard InChI is InChI=1S/C21H23F2N3O3/c22-15-3-4-19(18(23)14-15)29-16-5-8-26(9-6-16)21(27)17-2-1-7-24-20(17)25-10-12-28-13-11-25/h1-4,7,14,16H,5-6,8-13H2. The lowest BCUT2D eigenvalue weighted by Crippen LogP contribution is -2.43. The monoisotopic (exact) mass is 403 g/mol. The van der Waals surface area contributed by atoms with E-state index in [1.54, 1.807) is 23.2 Å². The highest BCUT2D eigenvalue weighted by atomic mass is 19.1. The van der Waals surface area contributed by atoms with Gasteiger partial charge >= 0.3 is 0 Å². The molecule has 8 heteroatoms. The average Bonchev–Trinajstić information content (AvgIpc) is 2.76. The lowest BCUT2D eigenvalue weighted by Gasteiger charge is -2.34. The zero-order valence-electron chi connectivity index (χ0n) is 16.0. The number of halogens is 2. The van der Waals surface area contributed by atoms with E-state index in [4.69, 9.17) is 9.47 Å². The number of likely N-dealkylation sites (tertiary alicyclic amines) is 1. The summed E-state index contributed by atoms with van der Waals surface area (Å²) in [4.78, 5) is 21.4. The Morgan fingerprint density at radius 3 is 2.59 bits per heavy atom. The van der Waals surface area contributed by atoms with Crippen molar-refractivity contribution in [3.05, 3.63) is 53.7 Å². The Hall–Kier alpha value is -2.74. The normalized spacial score (nSPS) is 18.0. The van der Waals surface area contributed by atoms with E-state index < -0.39 is 11.6 Å². The number of aromatic nitrogens is 1. The molecule has 0 N–H and O–H groups in total. The van der Waals surface area contributed by atoms with E-state index in [-0.39, 0.29) is 17.8 Å². The molecule has 0 saturated carbocycles. The third-order valence-corrected chi connectivity index (χ3v) is 5.24. The summed E-state index contributed by atoms with van der Waals surface area (Å²) in [5.41, 5.74) is 0.582. The van der Waals surface area contributed by atoms with E-state index in [0.29, 0.717) is 63.6 Å². The Morgan fingerprint density at radius 2 is 1.86 bits per heavy atom. The van der Waals surface area contributed by atoms with Crippen molar-refractivity contribution in [1.82, 2.24) is 9.88 Å². The van der Waals surface area contributed by atoms with Gasteiger partial charge in [-0.05, 0) is 24.3 Å². The predicted octanol–water partition coefficient (Wildman–Crippen LogP) is 2.88.